The van der Waals surface area contributed by atoms with Crippen LogP contribution in [0.5, 0.6) is 11.6 Å². The smallest absolute Gasteiger partial charge is 0.328 e. The Kier molecular flexibility index (Phi) is 4.72. The lowest BCUT2D eigenvalue weighted by molar-refractivity contribution is 0.0845. The number of rotatable bonds is 6. The SMILES string of the molecule is O=c1ccn(CCCNCC2COc3cccnc3O2)c(=O)[nH]1. The maximum absolute atomic E-state index is 11.5. The van der Waals surface area contributed by atoms with E-state index in [1.165, 1.54) is 16.8 Å². The molecule has 0 fully saturated rings. The summed E-state index contributed by atoms with van der Waals surface area (Å²) in [6.07, 6.45) is 3.84. The number of aryl methyl sites for hydroxylation is 1. The number of nitrogens with zero attached hydrogens (tertiary/aromatic N) is 2. The first-order chi connectivity index (χ1) is 11.2. The summed E-state index contributed by atoms with van der Waals surface area (Å²) < 4.78 is 12.8. The molecule has 0 radical (unpaired) electrons. The Hall–Kier alpha value is -2.61. The van der Waals surface area contributed by atoms with Crippen molar-refractivity contribution in [3.8, 4) is 11.6 Å². The molecule has 8 nitrogen and oxygen atoms in total. The second kappa shape index (κ2) is 7.10. The third-order valence-electron chi connectivity index (χ3n) is 3.46. The molecule has 0 saturated carbocycles. The molecule has 1 unspecified atom stereocenters. The maximum atomic E-state index is 11.5. The second-order valence-electron chi connectivity index (χ2n) is 5.22. The van der Waals surface area contributed by atoms with Crippen molar-refractivity contribution in [2.75, 3.05) is 19.7 Å². The quantitative estimate of drug-likeness (QED) is 0.713. The van der Waals surface area contributed by atoms with E-state index >= 15 is 0 Å². The molecule has 122 valence electrons. The summed E-state index contributed by atoms with van der Waals surface area (Å²) in [5, 5.41) is 3.27. The maximum Gasteiger partial charge on any atom is 0.328 e. The number of fused-ring (bicyclic) bond motifs is 1. The van der Waals surface area contributed by atoms with E-state index in [9.17, 15) is 9.59 Å². The van der Waals surface area contributed by atoms with E-state index < -0.39 is 0 Å². The van der Waals surface area contributed by atoms with Gasteiger partial charge in [-0.2, -0.15) is 0 Å². The highest BCUT2D eigenvalue weighted by atomic mass is 16.6. The summed E-state index contributed by atoms with van der Waals surface area (Å²) in [6.45, 7) is 2.37. The lowest BCUT2D eigenvalue weighted by Gasteiger charge is -2.25. The fourth-order valence-corrected chi connectivity index (χ4v) is 2.31. The second-order valence-corrected chi connectivity index (χ2v) is 5.22. The molecule has 8 heteroatoms. The normalized spacial score (nSPS) is 16.3. The molecule has 3 rings (SSSR count). The van der Waals surface area contributed by atoms with Gasteiger partial charge in [-0.05, 0) is 25.1 Å². The predicted octanol–water partition coefficient (Wildman–Crippen LogP) is -0.249. The van der Waals surface area contributed by atoms with Gasteiger partial charge in [0.05, 0.1) is 0 Å². The first-order valence-corrected chi connectivity index (χ1v) is 7.47. The number of aromatic amines is 1. The van der Waals surface area contributed by atoms with Gasteiger partial charge >= 0.3 is 5.69 Å². The lowest BCUT2D eigenvalue weighted by atomic mass is 10.3. The molecule has 1 aliphatic heterocycles. The Bertz CT molecular complexity index is 770. The molecule has 2 aromatic rings. The zero-order valence-electron chi connectivity index (χ0n) is 12.5. The Morgan fingerprint density at radius 1 is 1.39 bits per heavy atom. The first-order valence-electron chi connectivity index (χ1n) is 7.47. The van der Waals surface area contributed by atoms with Gasteiger partial charge in [0.1, 0.15) is 12.7 Å². The number of hydrogen-bond donors (Lipinski definition) is 2. The molecule has 0 bridgehead atoms. The van der Waals surface area contributed by atoms with Crippen molar-refractivity contribution in [3.63, 3.8) is 0 Å². The van der Waals surface area contributed by atoms with E-state index in [4.69, 9.17) is 9.47 Å². The van der Waals surface area contributed by atoms with E-state index in [1.807, 2.05) is 6.07 Å². The van der Waals surface area contributed by atoms with Crippen molar-refractivity contribution in [2.45, 2.75) is 19.1 Å². The van der Waals surface area contributed by atoms with Gasteiger partial charge in [-0.25, -0.2) is 9.78 Å². The highest BCUT2D eigenvalue weighted by Crippen LogP contribution is 2.27. The first kappa shape index (κ1) is 15.3. The van der Waals surface area contributed by atoms with Crippen LogP contribution in [0.15, 0.2) is 40.2 Å². The summed E-state index contributed by atoms with van der Waals surface area (Å²) in [5.41, 5.74) is -0.767. The van der Waals surface area contributed by atoms with Crippen LogP contribution in [0, 0.1) is 0 Å². The molecule has 0 saturated heterocycles. The molecule has 2 aromatic heterocycles. The largest absolute Gasteiger partial charge is 0.484 e. The summed E-state index contributed by atoms with van der Waals surface area (Å²) in [5.74, 6) is 1.19. The molecule has 3 heterocycles. The molecule has 0 amide bonds. The Morgan fingerprint density at radius 2 is 2.30 bits per heavy atom. The van der Waals surface area contributed by atoms with Crippen LogP contribution in [0.1, 0.15) is 6.42 Å². The third-order valence-corrected chi connectivity index (χ3v) is 3.46. The summed E-state index contributed by atoms with van der Waals surface area (Å²) in [4.78, 5) is 28.8. The number of ether oxygens (including phenoxy) is 2. The number of aromatic nitrogens is 3. The van der Waals surface area contributed by atoms with Gasteiger partial charge in [0, 0.05) is 31.5 Å². The van der Waals surface area contributed by atoms with Gasteiger partial charge in [-0.1, -0.05) is 0 Å². The van der Waals surface area contributed by atoms with E-state index in [0.29, 0.717) is 31.3 Å². The average molecular weight is 318 g/mol. The molecule has 0 aromatic carbocycles. The summed E-state index contributed by atoms with van der Waals surface area (Å²) in [6, 6.07) is 4.97. The van der Waals surface area contributed by atoms with Gasteiger partial charge in [0.2, 0.25) is 0 Å². The van der Waals surface area contributed by atoms with E-state index in [-0.39, 0.29) is 17.4 Å². The van der Waals surface area contributed by atoms with Crippen LogP contribution in [0.2, 0.25) is 0 Å². The minimum atomic E-state index is -0.385. The number of hydrogen-bond acceptors (Lipinski definition) is 6. The zero-order chi connectivity index (χ0) is 16.1. The predicted molar refractivity (Wildman–Crippen MR) is 83.0 cm³/mol. The molecule has 1 atom stereocenters. The van der Waals surface area contributed by atoms with Crippen LogP contribution >= 0.6 is 0 Å². The minimum Gasteiger partial charge on any atom is -0.484 e. The molecule has 0 spiro atoms. The standard InChI is InChI=1S/C15H18N4O4/c20-13-4-8-19(15(21)18-13)7-2-5-16-9-11-10-22-12-3-1-6-17-14(12)23-11/h1,3-4,6,8,11,16H,2,5,7,9-10H2,(H,18,20,21). The van der Waals surface area contributed by atoms with Gasteiger partial charge in [-0.3, -0.25) is 9.78 Å². The van der Waals surface area contributed by atoms with E-state index in [2.05, 4.69) is 15.3 Å². The Morgan fingerprint density at radius 3 is 3.17 bits per heavy atom. The van der Waals surface area contributed by atoms with Gasteiger partial charge in [-0.15, -0.1) is 0 Å². The van der Waals surface area contributed by atoms with E-state index in [0.717, 1.165) is 13.0 Å². The summed E-state index contributed by atoms with van der Waals surface area (Å²) in [7, 11) is 0. The van der Waals surface area contributed by atoms with Crippen molar-refractivity contribution in [3.05, 3.63) is 51.4 Å². The molecule has 1 aliphatic rings. The van der Waals surface area contributed by atoms with E-state index in [1.54, 1.807) is 12.3 Å². The number of H-pyrrole nitrogens is 1. The van der Waals surface area contributed by atoms with Crippen LogP contribution in [0.3, 0.4) is 0 Å². The van der Waals surface area contributed by atoms with Gasteiger partial charge in [0.15, 0.2) is 5.75 Å². The molecule has 23 heavy (non-hydrogen) atoms. The van der Waals surface area contributed by atoms with Crippen molar-refractivity contribution < 1.29 is 9.47 Å². The van der Waals surface area contributed by atoms with Crippen LogP contribution in [-0.4, -0.2) is 40.3 Å². The number of nitrogens with one attached hydrogen (secondary N) is 2. The monoisotopic (exact) mass is 318 g/mol. The van der Waals surface area contributed by atoms with Gasteiger partial charge in [0.25, 0.3) is 11.4 Å². The Labute approximate surface area is 132 Å². The fraction of sp³-hybridized carbons (Fsp3) is 0.400. The van der Waals surface area contributed by atoms with Crippen LogP contribution < -0.4 is 26.0 Å². The Balaban J connectivity index is 1.39. The highest BCUT2D eigenvalue weighted by molar-refractivity contribution is 5.33. The average Bonchev–Trinajstić information content (AvgIpc) is 2.56. The van der Waals surface area contributed by atoms with Crippen LogP contribution in [0.4, 0.5) is 0 Å². The minimum absolute atomic E-state index is 0.0896. The molecular weight excluding hydrogens is 300 g/mol. The molecular formula is C15H18N4O4. The molecule has 2 N–H and O–H groups in total. The van der Waals surface area contributed by atoms with Crippen molar-refractivity contribution in [1.82, 2.24) is 19.9 Å². The third kappa shape index (κ3) is 3.98. The van der Waals surface area contributed by atoms with Gasteiger partial charge < -0.3 is 19.4 Å². The molecule has 0 aliphatic carbocycles. The zero-order valence-corrected chi connectivity index (χ0v) is 12.5. The summed E-state index contributed by atoms with van der Waals surface area (Å²) >= 11 is 0. The van der Waals surface area contributed by atoms with Crippen molar-refractivity contribution >= 4 is 0 Å². The van der Waals surface area contributed by atoms with Crippen LogP contribution in [-0.2, 0) is 6.54 Å². The van der Waals surface area contributed by atoms with Crippen LogP contribution in [0.25, 0.3) is 0 Å². The highest BCUT2D eigenvalue weighted by Gasteiger charge is 2.21. The fourth-order valence-electron chi connectivity index (χ4n) is 2.31. The topological polar surface area (TPSA) is 98.2 Å². The lowest BCUT2D eigenvalue weighted by Crippen LogP contribution is -2.39. The number of pyridine rings is 1. The van der Waals surface area contributed by atoms with Crippen molar-refractivity contribution in [2.24, 2.45) is 0 Å². The van der Waals surface area contributed by atoms with Crippen molar-refractivity contribution in [1.29, 1.82) is 0 Å².